The highest BCUT2D eigenvalue weighted by molar-refractivity contribution is 9.25. The maximum Gasteiger partial charge on any atom is 0.389 e. The summed E-state index contributed by atoms with van der Waals surface area (Å²) in [6.07, 6.45) is -4.94. The number of halogens is 5. The second-order valence-corrected chi connectivity index (χ2v) is 7.08. The minimum atomic E-state index is -4.10. The summed E-state index contributed by atoms with van der Waals surface area (Å²) in [5.41, 5.74) is 0. The number of rotatable bonds is 4. The molecule has 0 amide bonds. The molecule has 74 valence electrons. The van der Waals surface area contributed by atoms with E-state index >= 15 is 0 Å². The summed E-state index contributed by atoms with van der Waals surface area (Å²) in [4.78, 5) is 0. The van der Waals surface area contributed by atoms with Crippen LogP contribution in [-0.2, 0) is 4.43 Å². The summed E-state index contributed by atoms with van der Waals surface area (Å²) >= 11 is 6.22. The van der Waals surface area contributed by atoms with E-state index < -0.39 is 15.8 Å². The Bertz CT molecular complexity index is 139. The molecule has 0 fully saturated rings. The van der Waals surface area contributed by atoms with Crippen molar-refractivity contribution in [1.29, 1.82) is 0 Å². The van der Waals surface area contributed by atoms with Crippen LogP contribution in [0, 0.1) is 0 Å². The molecule has 0 spiro atoms. The van der Waals surface area contributed by atoms with Crippen LogP contribution in [0.3, 0.4) is 0 Å². The first-order valence-corrected chi connectivity index (χ1v) is 5.60. The maximum atomic E-state index is 11.8. The SMILES string of the molecule is FC(F)(F)CCC(Br)(Br)CO[SiH3]. The minimum Gasteiger partial charge on any atom is -0.426 e. The normalized spacial score (nSPS) is 13.8. The monoisotopic (exact) mass is 328 g/mol. The lowest BCUT2D eigenvalue weighted by Gasteiger charge is -2.20. The van der Waals surface area contributed by atoms with Crippen LogP contribution in [-0.4, -0.2) is 26.5 Å². The molecule has 0 aliphatic carbocycles. The minimum absolute atomic E-state index is 0.0290. The van der Waals surface area contributed by atoms with Gasteiger partial charge in [0, 0.05) is 6.42 Å². The van der Waals surface area contributed by atoms with Crippen molar-refractivity contribution in [3.8, 4) is 0 Å². The summed E-state index contributed by atoms with van der Waals surface area (Å²) < 4.78 is 39.4. The zero-order valence-electron chi connectivity index (χ0n) is 6.42. The number of alkyl halides is 5. The fraction of sp³-hybridized carbons (Fsp3) is 1.00. The molecule has 0 aromatic rings. The Morgan fingerprint density at radius 1 is 1.17 bits per heavy atom. The Hall–Kier alpha value is 0.927. The lowest BCUT2D eigenvalue weighted by Crippen LogP contribution is -2.22. The molecular formula is C5H9Br2F3OSi. The fourth-order valence-electron chi connectivity index (χ4n) is 0.608. The van der Waals surface area contributed by atoms with Crippen molar-refractivity contribution in [3.05, 3.63) is 0 Å². The molecule has 0 rings (SSSR count). The second kappa shape index (κ2) is 4.97. The molecule has 0 atom stereocenters. The molecule has 0 bridgehead atoms. The molecule has 0 unspecified atom stereocenters. The van der Waals surface area contributed by atoms with Gasteiger partial charge in [-0.2, -0.15) is 13.2 Å². The van der Waals surface area contributed by atoms with Crippen molar-refractivity contribution < 1.29 is 17.6 Å². The highest BCUT2D eigenvalue weighted by Gasteiger charge is 2.32. The Balaban J connectivity index is 3.75. The first-order valence-electron chi connectivity index (χ1n) is 3.20. The molecule has 0 aromatic heterocycles. The molecule has 0 aromatic carbocycles. The van der Waals surface area contributed by atoms with Gasteiger partial charge in [0.15, 0.2) is 0 Å². The molecular weight excluding hydrogens is 321 g/mol. The molecule has 7 heteroatoms. The van der Waals surface area contributed by atoms with Crippen LogP contribution < -0.4 is 0 Å². The average molecular weight is 330 g/mol. The Labute approximate surface area is 88.8 Å². The fourth-order valence-corrected chi connectivity index (χ4v) is 2.80. The molecule has 1 nitrogen and oxygen atoms in total. The van der Waals surface area contributed by atoms with Crippen molar-refractivity contribution in [2.45, 2.75) is 22.3 Å². The number of hydrogen-bond donors (Lipinski definition) is 0. The van der Waals surface area contributed by atoms with Crippen LogP contribution in [0.5, 0.6) is 0 Å². The van der Waals surface area contributed by atoms with Crippen molar-refractivity contribution in [2.75, 3.05) is 6.61 Å². The zero-order valence-corrected chi connectivity index (χ0v) is 11.6. The molecule has 0 saturated heterocycles. The molecule has 0 aliphatic heterocycles. The third kappa shape index (κ3) is 7.57. The van der Waals surface area contributed by atoms with Crippen molar-refractivity contribution >= 4 is 42.3 Å². The van der Waals surface area contributed by atoms with E-state index in [2.05, 4.69) is 31.9 Å². The maximum absolute atomic E-state index is 11.8. The summed E-state index contributed by atoms with van der Waals surface area (Å²) in [5, 5.41) is 0. The van der Waals surface area contributed by atoms with Crippen LogP contribution in [0.2, 0.25) is 0 Å². The van der Waals surface area contributed by atoms with E-state index in [1.54, 1.807) is 0 Å². The molecule has 0 radical (unpaired) electrons. The van der Waals surface area contributed by atoms with Gasteiger partial charge in [-0.15, -0.1) is 0 Å². The Morgan fingerprint density at radius 3 is 2.00 bits per heavy atom. The van der Waals surface area contributed by atoms with Gasteiger partial charge in [-0.05, 0) is 6.42 Å². The van der Waals surface area contributed by atoms with Crippen molar-refractivity contribution in [2.24, 2.45) is 0 Å². The Morgan fingerprint density at radius 2 is 1.67 bits per heavy atom. The van der Waals surface area contributed by atoms with Crippen molar-refractivity contribution in [1.82, 2.24) is 0 Å². The van der Waals surface area contributed by atoms with Crippen LogP contribution in [0.25, 0.3) is 0 Å². The van der Waals surface area contributed by atoms with Gasteiger partial charge < -0.3 is 4.43 Å². The van der Waals surface area contributed by atoms with Gasteiger partial charge in [0.2, 0.25) is 0 Å². The largest absolute Gasteiger partial charge is 0.426 e. The second-order valence-electron chi connectivity index (χ2n) is 2.40. The van der Waals surface area contributed by atoms with E-state index in [-0.39, 0.29) is 13.0 Å². The van der Waals surface area contributed by atoms with Crippen LogP contribution in [0.1, 0.15) is 12.8 Å². The van der Waals surface area contributed by atoms with Crippen LogP contribution in [0.15, 0.2) is 0 Å². The standard InChI is InChI=1S/C5H9Br2F3OSi/c6-4(7,3-11-12)1-2-5(8,9)10/h1-3H2,12H3. The molecule has 0 heterocycles. The van der Waals surface area contributed by atoms with E-state index in [1.165, 1.54) is 0 Å². The lowest BCUT2D eigenvalue weighted by molar-refractivity contribution is -0.135. The van der Waals surface area contributed by atoms with Gasteiger partial charge in [0.1, 0.15) is 13.7 Å². The lowest BCUT2D eigenvalue weighted by atomic mass is 10.2. The van der Waals surface area contributed by atoms with Crippen LogP contribution >= 0.6 is 31.9 Å². The smallest absolute Gasteiger partial charge is 0.389 e. The highest BCUT2D eigenvalue weighted by Crippen LogP contribution is 2.35. The molecule has 0 N–H and O–H groups in total. The summed E-state index contributed by atoms with van der Waals surface area (Å²) in [7, 11) is 0.525. The van der Waals surface area contributed by atoms with E-state index in [1.807, 2.05) is 0 Å². The van der Waals surface area contributed by atoms with Gasteiger partial charge >= 0.3 is 6.18 Å². The predicted octanol–water partition coefficient (Wildman–Crippen LogP) is 2.11. The summed E-state index contributed by atoms with van der Waals surface area (Å²) in [6, 6.07) is 0. The molecule has 12 heavy (non-hydrogen) atoms. The van der Waals surface area contributed by atoms with E-state index in [4.69, 9.17) is 4.43 Å². The molecule has 0 saturated carbocycles. The highest BCUT2D eigenvalue weighted by atomic mass is 79.9. The quantitative estimate of drug-likeness (QED) is 0.567. The Kier molecular flexibility index (Phi) is 5.35. The topological polar surface area (TPSA) is 9.23 Å². The van der Waals surface area contributed by atoms with Gasteiger partial charge in [-0.1, -0.05) is 31.9 Å². The summed E-state index contributed by atoms with van der Waals surface area (Å²) in [5.74, 6) is 0. The average Bonchev–Trinajstić information content (AvgIpc) is 1.83. The first-order chi connectivity index (χ1) is 5.27. The van der Waals surface area contributed by atoms with E-state index in [0.717, 1.165) is 0 Å². The predicted molar refractivity (Wildman–Crippen MR) is 51.8 cm³/mol. The van der Waals surface area contributed by atoms with Crippen molar-refractivity contribution in [3.63, 3.8) is 0 Å². The zero-order chi connectivity index (χ0) is 9.83. The number of hydrogen-bond acceptors (Lipinski definition) is 1. The third-order valence-corrected chi connectivity index (χ3v) is 2.67. The molecule has 0 aliphatic rings. The van der Waals surface area contributed by atoms with E-state index in [0.29, 0.717) is 10.5 Å². The van der Waals surface area contributed by atoms with Gasteiger partial charge in [0.25, 0.3) is 0 Å². The van der Waals surface area contributed by atoms with E-state index in [9.17, 15) is 13.2 Å². The van der Waals surface area contributed by atoms with Crippen LogP contribution in [0.4, 0.5) is 13.2 Å². The van der Waals surface area contributed by atoms with Gasteiger partial charge in [-0.3, -0.25) is 0 Å². The first kappa shape index (κ1) is 12.9. The summed E-state index contributed by atoms with van der Waals surface area (Å²) in [6.45, 7) is 0.259. The van der Waals surface area contributed by atoms with Gasteiger partial charge in [0.05, 0.1) is 6.61 Å². The van der Waals surface area contributed by atoms with Gasteiger partial charge in [-0.25, -0.2) is 0 Å². The third-order valence-electron chi connectivity index (χ3n) is 1.13.